The number of rotatable bonds is 6. The van der Waals surface area contributed by atoms with Crippen molar-refractivity contribution in [1.82, 2.24) is 4.98 Å². The molecule has 0 radical (unpaired) electrons. The fraction of sp³-hybridized carbons (Fsp3) is 0.176. The highest BCUT2D eigenvalue weighted by atomic mass is 32.2. The smallest absolute Gasteiger partial charge is 0.0940 e. The van der Waals surface area contributed by atoms with Gasteiger partial charge in [-0.1, -0.05) is 18.7 Å². The molecule has 21 heavy (non-hydrogen) atoms. The van der Waals surface area contributed by atoms with E-state index >= 15 is 0 Å². The van der Waals surface area contributed by atoms with E-state index in [1.54, 1.807) is 24.3 Å². The maximum absolute atomic E-state index is 4.21. The Morgan fingerprint density at radius 3 is 2.62 bits per heavy atom. The van der Waals surface area contributed by atoms with Crippen LogP contribution in [0.4, 0.5) is 11.4 Å². The molecule has 1 saturated carbocycles. The Hall–Kier alpha value is -2.07. The number of hydrogen-bond acceptors (Lipinski definition) is 4. The molecule has 3 nitrogen and oxygen atoms in total. The van der Waals surface area contributed by atoms with Crippen LogP contribution in [0.25, 0.3) is 17.2 Å². The van der Waals surface area contributed by atoms with Gasteiger partial charge in [0.2, 0.25) is 0 Å². The number of pyridine rings is 1. The molecule has 1 aromatic heterocycles. The zero-order valence-electron chi connectivity index (χ0n) is 11.7. The normalized spacial score (nSPS) is 13.7. The molecule has 106 valence electrons. The second-order valence-corrected chi connectivity index (χ2v) is 6.05. The van der Waals surface area contributed by atoms with Crippen molar-refractivity contribution in [2.75, 3.05) is 4.72 Å². The minimum Gasteiger partial charge on any atom is -0.328 e. The summed E-state index contributed by atoms with van der Waals surface area (Å²) in [5.41, 5.74) is 5.04. The van der Waals surface area contributed by atoms with Gasteiger partial charge in [0.05, 0.1) is 11.4 Å². The quantitative estimate of drug-likeness (QED) is 0.605. The third-order valence-electron chi connectivity index (χ3n) is 3.43. The average molecular weight is 295 g/mol. The lowest BCUT2D eigenvalue weighted by molar-refractivity contribution is 1.33. The van der Waals surface area contributed by atoms with Gasteiger partial charge in [-0.2, -0.15) is 0 Å². The second kappa shape index (κ2) is 6.14. The summed E-state index contributed by atoms with van der Waals surface area (Å²) in [6, 6.07) is 8.13. The lowest BCUT2D eigenvalue weighted by Crippen LogP contribution is -1.93. The van der Waals surface area contributed by atoms with Crippen LogP contribution in [0.2, 0.25) is 0 Å². The van der Waals surface area contributed by atoms with Crippen molar-refractivity contribution in [2.45, 2.75) is 18.1 Å². The van der Waals surface area contributed by atoms with Crippen LogP contribution in [0.1, 0.15) is 18.4 Å². The molecule has 0 aliphatic heterocycles. The second-order valence-electron chi connectivity index (χ2n) is 4.94. The molecule has 2 aromatic rings. The molecule has 0 amide bonds. The van der Waals surface area contributed by atoms with E-state index in [0.29, 0.717) is 0 Å². The number of hydrogen-bond donors (Lipinski definition) is 1. The average Bonchev–Trinajstić information content (AvgIpc) is 3.37. The number of anilines is 1. The largest absolute Gasteiger partial charge is 0.328 e. The lowest BCUT2D eigenvalue weighted by Gasteiger charge is -2.14. The molecule has 3 rings (SSSR count). The molecular weight excluding hydrogens is 278 g/mol. The van der Waals surface area contributed by atoms with Gasteiger partial charge in [-0.15, -0.1) is 0 Å². The Balaban J connectivity index is 2.01. The van der Waals surface area contributed by atoms with Crippen LogP contribution < -0.4 is 4.72 Å². The molecule has 0 unspecified atom stereocenters. The predicted octanol–water partition coefficient (Wildman–Crippen LogP) is 4.95. The van der Waals surface area contributed by atoms with E-state index in [9.17, 15) is 0 Å². The minimum absolute atomic E-state index is 0.731. The van der Waals surface area contributed by atoms with E-state index in [1.165, 1.54) is 12.8 Å². The first-order valence-electron chi connectivity index (χ1n) is 6.91. The van der Waals surface area contributed by atoms with Crippen molar-refractivity contribution in [2.24, 2.45) is 4.99 Å². The summed E-state index contributed by atoms with van der Waals surface area (Å²) in [5, 5.41) is 0.731. The maximum atomic E-state index is 4.21. The van der Waals surface area contributed by atoms with Gasteiger partial charge in [0.25, 0.3) is 0 Å². The number of benzene rings is 1. The first-order chi connectivity index (χ1) is 10.3. The van der Waals surface area contributed by atoms with Gasteiger partial charge in [0.1, 0.15) is 0 Å². The Bertz CT molecular complexity index is 663. The van der Waals surface area contributed by atoms with E-state index < -0.39 is 0 Å². The van der Waals surface area contributed by atoms with Crippen LogP contribution >= 0.6 is 11.9 Å². The van der Waals surface area contributed by atoms with Gasteiger partial charge in [0.15, 0.2) is 0 Å². The summed E-state index contributed by atoms with van der Waals surface area (Å²) in [5.74, 6) is 0. The van der Waals surface area contributed by atoms with E-state index in [0.717, 1.165) is 33.3 Å². The van der Waals surface area contributed by atoms with Crippen molar-refractivity contribution in [3.05, 3.63) is 48.8 Å². The Morgan fingerprint density at radius 2 is 2.00 bits per heavy atom. The van der Waals surface area contributed by atoms with Crippen LogP contribution in [0.15, 0.2) is 48.2 Å². The molecule has 1 heterocycles. The third-order valence-corrected chi connectivity index (χ3v) is 4.57. The summed E-state index contributed by atoms with van der Waals surface area (Å²) in [6.45, 7) is 7.65. The van der Waals surface area contributed by atoms with Gasteiger partial charge in [0, 0.05) is 23.2 Å². The van der Waals surface area contributed by atoms with Gasteiger partial charge in [-0.3, -0.25) is 9.98 Å². The Kier molecular flexibility index (Phi) is 4.06. The third kappa shape index (κ3) is 3.00. The maximum Gasteiger partial charge on any atom is 0.0940 e. The summed E-state index contributed by atoms with van der Waals surface area (Å²) in [7, 11) is 0. The molecular formula is C17H17N3S. The van der Waals surface area contributed by atoms with Crippen molar-refractivity contribution >= 4 is 36.1 Å². The SMILES string of the molecule is C=Cc1c(-c2ccncc2)ccc(NSC2CC2)c1N=C. The predicted molar refractivity (Wildman–Crippen MR) is 93.2 cm³/mol. The zero-order chi connectivity index (χ0) is 14.7. The monoisotopic (exact) mass is 295 g/mol. The first-order valence-corrected chi connectivity index (χ1v) is 7.79. The minimum atomic E-state index is 0.731. The zero-order valence-corrected chi connectivity index (χ0v) is 12.6. The lowest BCUT2D eigenvalue weighted by atomic mass is 9.98. The summed E-state index contributed by atoms with van der Waals surface area (Å²) in [4.78, 5) is 8.28. The Morgan fingerprint density at radius 1 is 1.24 bits per heavy atom. The van der Waals surface area contributed by atoms with Crippen molar-refractivity contribution in [3.8, 4) is 11.1 Å². The molecule has 1 N–H and O–H groups in total. The molecule has 1 aromatic carbocycles. The van der Waals surface area contributed by atoms with E-state index in [1.807, 2.05) is 18.2 Å². The standard InChI is InChI=1S/C17H17N3S/c1-3-14-15(12-8-10-19-11-9-12)6-7-16(17(14)18-2)20-21-13-4-5-13/h3,6-11,13,20H,1-2,4-5H2. The fourth-order valence-corrected chi connectivity index (χ4v) is 3.01. The summed E-state index contributed by atoms with van der Waals surface area (Å²) >= 11 is 1.76. The van der Waals surface area contributed by atoms with Gasteiger partial charge >= 0.3 is 0 Å². The highest BCUT2D eigenvalue weighted by molar-refractivity contribution is 8.01. The van der Waals surface area contributed by atoms with Crippen LogP contribution in [0.3, 0.4) is 0 Å². The van der Waals surface area contributed by atoms with Crippen molar-refractivity contribution in [3.63, 3.8) is 0 Å². The number of aliphatic imine (C=N–C) groups is 1. The highest BCUT2D eigenvalue weighted by Gasteiger charge is 2.22. The van der Waals surface area contributed by atoms with Crippen LogP contribution in [-0.4, -0.2) is 17.0 Å². The van der Waals surface area contributed by atoms with E-state index in [4.69, 9.17) is 0 Å². The molecule has 1 aliphatic rings. The molecule has 0 bridgehead atoms. The van der Waals surface area contributed by atoms with Gasteiger partial charge in [-0.05, 0) is 60.8 Å². The molecule has 4 heteroatoms. The summed E-state index contributed by atoms with van der Waals surface area (Å²) in [6.07, 6.45) is 8.00. The number of aromatic nitrogens is 1. The van der Waals surface area contributed by atoms with Gasteiger partial charge in [-0.25, -0.2) is 0 Å². The number of nitrogens with one attached hydrogen (secondary N) is 1. The first kappa shape index (κ1) is 13.9. The molecule has 0 atom stereocenters. The van der Waals surface area contributed by atoms with E-state index in [2.05, 4.69) is 40.1 Å². The van der Waals surface area contributed by atoms with Crippen LogP contribution in [0.5, 0.6) is 0 Å². The van der Waals surface area contributed by atoms with Gasteiger partial charge < -0.3 is 4.72 Å². The fourth-order valence-electron chi connectivity index (χ4n) is 2.18. The van der Waals surface area contributed by atoms with Crippen molar-refractivity contribution < 1.29 is 0 Å². The number of nitrogens with zero attached hydrogens (tertiary/aromatic N) is 2. The highest BCUT2D eigenvalue weighted by Crippen LogP contribution is 2.41. The summed E-state index contributed by atoms with van der Waals surface area (Å²) < 4.78 is 3.40. The van der Waals surface area contributed by atoms with Crippen LogP contribution in [-0.2, 0) is 0 Å². The topological polar surface area (TPSA) is 37.3 Å². The Labute approximate surface area is 129 Å². The molecule has 0 spiro atoms. The molecule has 0 saturated heterocycles. The van der Waals surface area contributed by atoms with Crippen LogP contribution in [0, 0.1) is 0 Å². The molecule has 1 fully saturated rings. The van der Waals surface area contributed by atoms with E-state index in [-0.39, 0.29) is 0 Å². The molecule has 1 aliphatic carbocycles. The van der Waals surface area contributed by atoms with Crippen molar-refractivity contribution in [1.29, 1.82) is 0 Å².